The van der Waals surface area contributed by atoms with Crippen LogP contribution in [0.4, 0.5) is 0 Å². The Kier molecular flexibility index (Phi) is 7.01. The van der Waals surface area contributed by atoms with Crippen LogP contribution >= 0.6 is 0 Å². The smallest absolute Gasteiger partial charge is 0.243 e. The van der Waals surface area contributed by atoms with Gasteiger partial charge in [0.05, 0.1) is 0 Å². The zero-order valence-corrected chi connectivity index (χ0v) is 31.0. The highest BCUT2D eigenvalue weighted by molar-refractivity contribution is 6.98. The highest BCUT2D eigenvalue weighted by atomic mass is 16.3. The molecule has 2 heterocycles. The van der Waals surface area contributed by atoms with Crippen molar-refractivity contribution in [2.24, 2.45) is 0 Å². The SMILES string of the molecule is Cc1cc(C)c(B(c2c(C)cc(C)cc2C)c2cc(-c3cc4ccccc4o3)c3ccc4ccc(-c5cc6ccccc6o5)c5ccc2c3c45)c(C)c1. The summed E-state index contributed by atoms with van der Waals surface area (Å²) < 4.78 is 13.2. The van der Waals surface area contributed by atoms with Crippen LogP contribution in [0.5, 0.6) is 0 Å². The van der Waals surface area contributed by atoms with E-state index in [0.717, 1.165) is 44.6 Å². The number of hydrogen-bond acceptors (Lipinski definition) is 2. The number of para-hydroxylation sites is 2. The van der Waals surface area contributed by atoms with Gasteiger partial charge in [-0.1, -0.05) is 147 Å². The average molecular weight is 683 g/mol. The Morgan fingerprint density at radius 3 is 1.43 bits per heavy atom. The third-order valence-corrected chi connectivity index (χ3v) is 11.6. The first-order chi connectivity index (χ1) is 25.7. The minimum absolute atomic E-state index is 0.00117. The summed E-state index contributed by atoms with van der Waals surface area (Å²) in [4.78, 5) is 0. The van der Waals surface area contributed by atoms with Crippen LogP contribution in [0.2, 0.25) is 0 Å². The van der Waals surface area contributed by atoms with E-state index >= 15 is 0 Å². The summed E-state index contributed by atoms with van der Waals surface area (Å²) in [5.74, 6) is 1.77. The van der Waals surface area contributed by atoms with Crippen LogP contribution < -0.4 is 16.4 Å². The molecular formula is C50H39BO2. The lowest BCUT2D eigenvalue weighted by molar-refractivity contribution is 0.632. The Labute approximate surface area is 310 Å². The van der Waals surface area contributed by atoms with E-state index in [1.807, 2.05) is 18.2 Å². The predicted octanol–water partition coefficient (Wildman–Crippen LogP) is 11.8. The molecular weight excluding hydrogens is 643 g/mol. The second-order valence-electron chi connectivity index (χ2n) is 15.2. The van der Waals surface area contributed by atoms with E-state index in [4.69, 9.17) is 8.83 Å². The van der Waals surface area contributed by atoms with Crippen LogP contribution in [0, 0.1) is 41.5 Å². The van der Waals surface area contributed by atoms with Crippen LogP contribution in [-0.2, 0) is 0 Å². The first kappa shape index (κ1) is 31.7. The Bertz CT molecular complexity index is 2910. The number of aryl methyl sites for hydroxylation is 6. The second kappa shape index (κ2) is 11.7. The molecule has 0 aliphatic rings. The number of fused-ring (bicyclic) bond motifs is 2. The van der Waals surface area contributed by atoms with Crippen molar-refractivity contribution in [2.45, 2.75) is 41.5 Å². The highest BCUT2D eigenvalue weighted by Gasteiger charge is 2.32. The maximum Gasteiger partial charge on any atom is 0.243 e. The van der Waals surface area contributed by atoms with Crippen molar-refractivity contribution in [1.82, 2.24) is 0 Å². The molecule has 0 radical (unpaired) electrons. The second-order valence-corrected chi connectivity index (χ2v) is 15.2. The van der Waals surface area contributed by atoms with Gasteiger partial charge in [-0.3, -0.25) is 0 Å². The summed E-state index contributed by atoms with van der Waals surface area (Å²) in [7, 11) is 0. The first-order valence-corrected chi connectivity index (χ1v) is 18.6. The lowest BCUT2D eigenvalue weighted by Gasteiger charge is -2.27. The maximum absolute atomic E-state index is 6.73. The van der Waals surface area contributed by atoms with E-state index in [-0.39, 0.29) is 6.71 Å². The molecule has 0 aliphatic carbocycles. The highest BCUT2D eigenvalue weighted by Crippen LogP contribution is 2.43. The van der Waals surface area contributed by atoms with Gasteiger partial charge in [-0.25, -0.2) is 0 Å². The van der Waals surface area contributed by atoms with E-state index in [0.29, 0.717) is 0 Å². The number of furan rings is 2. The molecule has 0 bridgehead atoms. The molecule has 0 fully saturated rings. The van der Waals surface area contributed by atoms with Crippen molar-refractivity contribution >= 4 is 77.4 Å². The standard InChI is InChI=1S/C50H39BO2/c1-28-21-30(3)49(31(4)22-28)51(50-32(5)23-29(2)24-33(50)6)42-27-41(46-26-36-12-8-10-14-44(36)53-46)39-18-16-34-15-17-37(38-19-20-40(42)48(39)47(34)38)45-25-35-11-7-9-13-43(35)52-45/h7-27H,1-6H3. The largest absolute Gasteiger partial charge is 0.456 e. The third-order valence-electron chi connectivity index (χ3n) is 11.6. The predicted molar refractivity (Wildman–Crippen MR) is 227 cm³/mol. The first-order valence-electron chi connectivity index (χ1n) is 18.6. The van der Waals surface area contributed by atoms with Gasteiger partial charge in [0.2, 0.25) is 6.71 Å². The van der Waals surface area contributed by atoms with Gasteiger partial charge >= 0.3 is 0 Å². The van der Waals surface area contributed by atoms with Crippen molar-refractivity contribution in [1.29, 1.82) is 0 Å². The van der Waals surface area contributed by atoms with Crippen LogP contribution in [0.1, 0.15) is 33.4 Å². The molecule has 2 aromatic heterocycles. The Morgan fingerprint density at radius 1 is 0.396 bits per heavy atom. The van der Waals surface area contributed by atoms with Gasteiger partial charge in [0, 0.05) is 21.9 Å². The number of rotatable bonds is 5. The minimum atomic E-state index is -0.00117. The normalized spacial score (nSPS) is 12.0. The fraction of sp³-hybridized carbons (Fsp3) is 0.120. The molecule has 2 nitrogen and oxygen atoms in total. The molecule has 0 atom stereocenters. The van der Waals surface area contributed by atoms with Crippen LogP contribution in [0.3, 0.4) is 0 Å². The maximum atomic E-state index is 6.73. The van der Waals surface area contributed by atoms with Gasteiger partial charge in [-0.05, 0) is 104 Å². The molecule has 0 saturated heterocycles. The lowest BCUT2D eigenvalue weighted by atomic mass is 9.33. The summed E-state index contributed by atoms with van der Waals surface area (Å²) in [5.41, 5.74) is 15.9. The monoisotopic (exact) mass is 682 g/mol. The lowest BCUT2D eigenvalue weighted by Crippen LogP contribution is -2.56. The van der Waals surface area contributed by atoms with Crippen LogP contribution in [-0.4, -0.2) is 6.71 Å². The van der Waals surface area contributed by atoms with Gasteiger partial charge in [0.1, 0.15) is 22.7 Å². The van der Waals surface area contributed by atoms with Crippen LogP contribution in [0.15, 0.2) is 136 Å². The van der Waals surface area contributed by atoms with E-state index < -0.39 is 0 Å². The van der Waals surface area contributed by atoms with Crippen molar-refractivity contribution in [3.8, 4) is 22.6 Å². The summed E-state index contributed by atoms with van der Waals surface area (Å²) in [6, 6.07) is 46.6. The summed E-state index contributed by atoms with van der Waals surface area (Å²) in [5, 5.41) is 9.60. The Morgan fingerprint density at radius 2 is 0.868 bits per heavy atom. The molecule has 0 N–H and O–H groups in total. The molecule has 3 heteroatoms. The molecule has 10 aromatic rings. The van der Waals surface area contributed by atoms with E-state index in [9.17, 15) is 0 Å². The average Bonchev–Trinajstić information content (AvgIpc) is 3.77. The Balaban J connectivity index is 1.37. The van der Waals surface area contributed by atoms with E-state index in [2.05, 4.69) is 151 Å². The third kappa shape index (κ3) is 4.87. The van der Waals surface area contributed by atoms with Crippen molar-refractivity contribution < 1.29 is 8.83 Å². The van der Waals surface area contributed by atoms with Gasteiger partial charge < -0.3 is 8.83 Å². The number of hydrogen-bond donors (Lipinski definition) is 0. The van der Waals surface area contributed by atoms with Crippen LogP contribution in [0.25, 0.3) is 76.9 Å². The summed E-state index contributed by atoms with van der Waals surface area (Å²) in [6.45, 7) is 13.6. The molecule has 53 heavy (non-hydrogen) atoms. The minimum Gasteiger partial charge on any atom is -0.456 e. The molecule has 0 amide bonds. The van der Waals surface area contributed by atoms with Gasteiger partial charge in [-0.15, -0.1) is 0 Å². The van der Waals surface area contributed by atoms with Gasteiger partial charge in [-0.2, -0.15) is 0 Å². The Hall–Kier alpha value is -6.06. The molecule has 8 aromatic carbocycles. The van der Waals surface area contributed by atoms with E-state index in [1.165, 1.54) is 82.1 Å². The van der Waals surface area contributed by atoms with E-state index in [1.54, 1.807) is 0 Å². The molecule has 0 aliphatic heterocycles. The zero-order valence-electron chi connectivity index (χ0n) is 31.0. The van der Waals surface area contributed by atoms with Crippen molar-refractivity contribution in [3.05, 3.63) is 161 Å². The quantitative estimate of drug-likeness (QED) is 0.133. The molecule has 0 spiro atoms. The van der Waals surface area contributed by atoms with Gasteiger partial charge in [0.15, 0.2) is 0 Å². The van der Waals surface area contributed by atoms with Gasteiger partial charge in [0.25, 0.3) is 0 Å². The van der Waals surface area contributed by atoms with Crippen molar-refractivity contribution in [3.63, 3.8) is 0 Å². The molecule has 254 valence electrons. The van der Waals surface area contributed by atoms with Crippen molar-refractivity contribution in [2.75, 3.05) is 0 Å². The molecule has 10 rings (SSSR count). The topological polar surface area (TPSA) is 26.3 Å². The molecule has 0 unspecified atom stereocenters. The fourth-order valence-electron chi connectivity index (χ4n) is 9.56. The fourth-order valence-corrected chi connectivity index (χ4v) is 9.56. The molecule has 0 saturated carbocycles. The zero-order chi connectivity index (χ0) is 36.1. The number of benzene rings is 8. The summed E-state index contributed by atoms with van der Waals surface area (Å²) >= 11 is 0. The summed E-state index contributed by atoms with van der Waals surface area (Å²) in [6.07, 6.45) is 0.